The third-order valence-corrected chi connectivity index (χ3v) is 1.06. The smallest absolute Gasteiger partial charge is 0.327 e. The van der Waals surface area contributed by atoms with Crippen molar-refractivity contribution in [3.8, 4) is 0 Å². The maximum atomic E-state index is 8.23. The third kappa shape index (κ3) is 8.05. The predicted octanol–water partition coefficient (Wildman–Crippen LogP) is 1.18. The van der Waals surface area contributed by atoms with Crippen LogP contribution in [0, 0.1) is 0 Å². The molecule has 0 aliphatic carbocycles. The number of allylic oxidation sites excluding steroid dienone is 1. The van der Waals surface area contributed by atoms with Crippen molar-refractivity contribution < 1.29 is 14.3 Å². The van der Waals surface area contributed by atoms with Crippen molar-refractivity contribution in [2.24, 2.45) is 0 Å². The molecule has 0 bridgehead atoms. The van der Waals surface area contributed by atoms with E-state index < -0.39 is 8.60 Å². The molecular weight excluding hydrogens is 139 g/mol. The Labute approximate surface area is 56.0 Å². The molecule has 0 heterocycles. The van der Waals surface area contributed by atoms with Gasteiger partial charge in [0, 0.05) is 0 Å². The fourth-order valence-electron chi connectivity index (χ4n) is 0.271. The Kier molecular flexibility index (Phi) is 4.91. The minimum Gasteiger partial charge on any atom is -0.328 e. The summed E-state index contributed by atoms with van der Waals surface area (Å²) in [6.45, 7) is 4.11. The Morgan fingerprint density at radius 2 is 2.11 bits per heavy atom. The molecule has 0 aromatic rings. The first-order valence-corrected chi connectivity index (χ1v) is 3.73. The molecule has 0 aromatic carbocycles. The molecular formula is C5H11O3P. The summed E-state index contributed by atoms with van der Waals surface area (Å²) in [6.07, 6.45) is 1.78. The Balaban J connectivity index is 3.20. The standard InChI is InChI=1S/C5H11O3P/c1-5(2)3-4-8-9(6)7/h3,6-7H,4H2,1-2H3. The van der Waals surface area contributed by atoms with E-state index in [0.29, 0.717) is 0 Å². The summed E-state index contributed by atoms with van der Waals surface area (Å²) in [7, 11) is -2.18. The van der Waals surface area contributed by atoms with Crippen LogP contribution in [0.25, 0.3) is 0 Å². The molecule has 0 aliphatic heterocycles. The van der Waals surface area contributed by atoms with Crippen molar-refractivity contribution in [3.63, 3.8) is 0 Å². The van der Waals surface area contributed by atoms with E-state index in [9.17, 15) is 0 Å². The highest BCUT2D eigenvalue weighted by Gasteiger charge is 1.93. The minimum absolute atomic E-state index is 0.279. The fourth-order valence-corrected chi connectivity index (χ4v) is 0.478. The van der Waals surface area contributed by atoms with Gasteiger partial charge in [0.05, 0.1) is 6.61 Å². The van der Waals surface area contributed by atoms with Gasteiger partial charge < -0.3 is 14.3 Å². The lowest BCUT2D eigenvalue weighted by Gasteiger charge is -1.98. The van der Waals surface area contributed by atoms with E-state index in [0.717, 1.165) is 5.57 Å². The second-order valence-electron chi connectivity index (χ2n) is 1.83. The fraction of sp³-hybridized carbons (Fsp3) is 0.600. The van der Waals surface area contributed by atoms with E-state index >= 15 is 0 Å². The van der Waals surface area contributed by atoms with Crippen LogP contribution in [0.5, 0.6) is 0 Å². The van der Waals surface area contributed by atoms with Gasteiger partial charge in [0.25, 0.3) is 0 Å². The first kappa shape index (κ1) is 9.05. The number of rotatable bonds is 3. The van der Waals surface area contributed by atoms with Crippen molar-refractivity contribution >= 4 is 8.60 Å². The lowest BCUT2D eigenvalue weighted by molar-refractivity contribution is 0.282. The topological polar surface area (TPSA) is 49.7 Å². The molecule has 0 spiro atoms. The summed E-state index contributed by atoms with van der Waals surface area (Å²) in [6, 6.07) is 0. The maximum Gasteiger partial charge on any atom is 0.327 e. The first-order valence-electron chi connectivity index (χ1n) is 2.57. The molecule has 0 saturated heterocycles. The van der Waals surface area contributed by atoms with Gasteiger partial charge in [0.2, 0.25) is 0 Å². The Morgan fingerprint density at radius 1 is 1.56 bits per heavy atom. The summed E-state index contributed by atoms with van der Waals surface area (Å²) in [5, 5.41) is 0. The average molecular weight is 150 g/mol. The lowest BCUT2D eigenvalue weighted by atomic mass is 10.3. The van der Waals surface area contributed by atoms with E-state index in [1.165, 1.54) is 0 Å². The van der Waals surface area contributed by atoms with Gasteiger partial charge in [-0.25, -0.2) is 0 Å². The van der Waals surface area contributed by atoms with Gasteiger partial charge in [0.1, 0.15) is 0 Å². The summed E-state index contributed by atoms with van der Waals surface area (Å²) < 4.78 is 4.45. The van der Waals surface area contributed by atoms with Crippen LogP contribution in [-0.4, -0.2) is 16.4 Å². The normalized spacial score (nSPS) is 9.89. The van der Waals surface area contributed by atoms with Crippen molar-refractivity contribution in [1.82, 2.24) is 0 Å². The summed E-state index contributed by atoms with van der Waals surface area (Å²) >= 11 is 0. The van der Waals surface area contributed by atoms with Crippen molar-refractivity contribution in [1.29, 1.82) is 0 Å². The molecule has 2 N–H and O–H groups in total. The van der Waals surface area contributed by atoms with Gasteiger partial charge >= 0.3 is 8.60 Å². The highest BCUT2D eigenvalue weighted by atomic mass is 31.2. The van der Waals surface area contributed by atoms with Gasteiger partial charge in [-0.05, 0) is 13.8 Å². The van der Waals surface area contributed by atoms with Crippen LogP contribution in [0.15, 0.2) is 11.6 Å². The van der Waals surface area contributed by atoms with E-state index in [1.54, 1.807) is 6.08 Å². The molecule has 0 atom stereocenters. The van der Waals surface area contributed by atoms with E-state index in [4.69, 9.17) is 9.79 Å². The molecule has 0 rings (SSSR count). The zero-order chi connectivity index (χ0) is 7.28. The molecule has 3 nitrogen and oxygen atoms in total. The Hall–Kier alpha value is 0.0500. The summed E-state index contributed by atoms with van der Waals surface area (Å²) in [5.74, 6) is 0. The highest BCUT2D eigenvalue weighted by Crippen LogP contribution is 2.23. The zero-order valence-corrected chi connectivity index (χ0v) is 6.43. The van der Waals surface area contributed by atoms with Crippen molar-refractivity contribution in [3.05, 3.63) is 11.6 Å². The van der Waals surface area contributed by atoms with Gasteiger partial charge in [-0.3, -0.25) is 0 Å². The van der Waals surface area contributed by atoms with Crippen LogP contribution in [0.4, 0.5) is 0 Å². The highest BCUT2D eigenvalue weighted by molar-refractivity contribution is 7.39. The molecule has 0 amide bonds. The van der Waals surface area contributed by atoms with Crippen LogP contribution < -0.4 is 0 Å². The predicted molar refractivity (Wildman–Crippen MR) is 36.7 cm³/mol. The molecule has 0 aliphatic rings. The minimum atomic E-state index is -2.18. The van der Waals surface area contributed by atoms with Gasteiger partial charge in [-0.15, -0.1) is 0 Å². The molecule has 9 heavy (non-hydrogen) atoms. The summed E-state index contributed by atoms with van der Waals surface area (Å²) in [5.41, 5.74) is 1.10. The third-order valence-electron chi connectivity index (χ3n) is 0.682. The van der Waals surface area contributed by atoms with Gasteiger partial charge in [0.15, 0.2) is 0 Å². The van der Waals surface area contributed by atoms with Crippen LogP contribution in [-0.2, 0) is 4.52 Å². The van der Waals surface area contributed by atoms with Crippen LogP contribution >= 0.6 is 8.60 Å². The Morgan fingerprint density at radius 3 is 2.44 bits per heavy atom. The lowest BCUT2D eigenvalue weighted by Crippen LogP contribution is -1.83. The van der Waals surface area contributed by atoms with Crippen molar-refractivity contribution in [2.45, 2.75) is 13.8 Å². The van der Waals surface area contributed by atoms with E-state index in [-0.39, 0.29) is 6.61 Å². The largest absolute Gasteiger partial charge is 0.328 e. The summed E-state index contributed by atoms with van der Waals surface area (Å²) in [4.78, 5) is 16.5. The second-order valence-corrected chi connectivity index (χ2v) is 2.59. The molecule has 54 valence electrons. The maximum absolute atomic E-state index is 8.23. The average Bonchev–Trinajstić information content (AvgIpc) is 1.63. The number of hydrogen-bond donors (Lipinski definition) is 2. The van der Waals surface area contributed by atoms with Crippen molar-refractivity contribution in [2.75, 3.05) is 6.61 Å². The van der Waals surface area contributed by atoms with Gasteiger partial charge in [-0.2, -0.15) is 0 Å². The molecule has 0 aromatic heterocycles. The van der Waals surface area contributed by atoms with Crippen LogP contribution in [0.2, 0.25) is 0 Å². The first-order chi connectivity index (χ1) is 4.13. The number of hydrogen-bond acceptors (Lipinski definition) is 3. The van der Waals surface area contributed by atoms with E-state index in [1.807, 2.05) is 13.8 Å². The molecule has 0 fully saturated rings. The quantitative estimate of drug-likeness (QED) is 0.469. The second kappa shape index (κ2) is 4.89. The Bertz CT molecular complexity index is 96.4. The van der Waals surface area contributed by atoms with Gasteiger partial charge in [-0.1, -0.05) is 11.6 Å². The van der Waals surface area contributed by atoms with Crippen LogP contribution in [0.1, 0.15) is 13.8 Å². The molecule has 0 saturated carbocycles. The molecule has 0 unspecified atom stereocenters. The van der Waals surface area contributed by atoms with E-state index in [2.05, 4.69) is 4.52 Å². The zero-order valence-electron chi connectivity index (χ0n) is 5.53. The molecule has 4 heteroatoms. The van der Waals surface area contributed by atoms with Crippen LogP contribution in [0.3, 0.4) is 0 Å². The SMILES string of the molecule is CC(C)=CCOP(O)O. The monoisotopic (exact) mass is 150 g/mol. The molecule has 0 radical (unpaired) electrons.